The van der Waals surface area contributed by atoms with E-state index in [-0.39, 0.29) is 0 Å². The number of benzene rings is 1. The van der Waals surface area contributed by atoms with Crippen LogP contribution in [0.4, 0.5) is 0 Å². The fourth-order valence-electron chi connectivity index (χ4n) is 3.06. The molecule has 0 amide bonds. The van der Waals surface area contributed by atoms with Gasteiger partial charge in [0.25, 0.3) is 0 Å². The van der Waals surface area contributed by atoms with E-state index in [4.69, 9.17) is 0 Å². The number of likely N-dealkylation sites (N-methyl/N-ethyl adjacent to an activating group) is 1. The lowest BCUT2D eigenvalue weighted by molar-refractivity contribution is 0.174. The van der Waals surface area contributed by atoms with Crippen LogP contribution in [0.15, 0.2) is 30.3 Å². The van der Waals surface area contributed by atoms with E-state index in [1.807, 2.05) is 0 Å². The molecule has 0 saturated carbocycles. The van der Waals surface area contributed by atoms with Crippen molar-refractivity contribution in [1.82, 2.24) is 10.2 Å². The van der Waals surface area contributed by atoms with Gasteiger partial charge in [-0.15, -0.1) is 0 Å². The van der Waals surface area contributed by atoms with Gasteiger partial charge in [0.05, 0.1) is 0 Å². The Hall–Kier alpha value is -0.860. The number of nitrogens with zero attached hydrogens (tertiary/aromatic N) is 1. The molecule has 2 heteroatoms. The predicted molar refractivity (Wildman–Crippen MR) is 73.1 cm³/mol. The lowest BCUT2D eigenvalue weighted by Gasteiger charge is -2.33. The van der Waals surface area contributed by atoms with Crippen LogP contribution in [0, 0.1) is 0 Å². The van der Waals surface area contributed by atoms with Crippen LogP contribution in [0.3, 0.4) is 0 Å². The SMILES string of the molecule is CCC(c1ccccc1)N1CCCC1CNC. The van der Waals surface area contributed by atoms with Crippen molar-refractivity contribution in [1.29, 1.82) is 0 Å². The minimum atomic E-state index is 0.594. The van der Waals surface area contributed by atoms with Gasteiger partial charge in [-0.3, -0.25) is 4.90 Å². The standard InChI is InChI=1S/C15H24N2/c1-3-15(13-8-5-4-6-9-13)17-11-7-10-14(17)12-16-2/h4-6,8-9,14-16H,3,7,10-12H2,1-2H3. The third kappa shape index (κ3) is 2.88. The molecule has 1 N–H and O–H groups in total. The minimum Gasteiger partial charge on any atom is -0.318 e. The molecule has 2 atom stereocenters. The molecular weight excluding hydrogens is 208 g/mol. The summed E-state index contributed by atoms with van der Waals surface area (Å²) in [6.45, 7) is 4.66. The van der Waals surface area contributed by atoms with Gasteiger partial charge >= 0.3 is 0 Å². The Morgan fingerprint density at radius 2 is 2.12 bits per heavy atom. The molecule has 0 spiro atoms. The molecule has 17 heavy (non-hydrogen) atoms. The first-order valence-corrected chi connectivity index (χ1v) is 6.82. The highest BCUT2D eigenvalue weighted by molar-refractivity contribution is 5.19. The first-order chi connectivity index (χ1) is 8.36. The number of hydrogen-bond donors (Lipinski definition) is 1. The molecule has 0 aromatic heterocycles. The van der Waals surface area contributed by atoms with E-state index in [0.717, 1.165) is 6.54 Å². The summed E-state index contributed by atoms with van der Waals surface area (Å²) < 4.78 is 0. The fraction of sp³-hybridized carbons (Fsp3) is 0.600. The molecule has 94 valence electrons. The molecular formula is C15H24N2. The maximum absolute atomic E-state index is 3.33. The summed E-state index contributed by atoms with van der Waals surface area (Å²) in [5.74, 6) is 0. The largest absolute Gasteiger partial charge is 0.318 e. The van der Waals surface area contributed by atoms with Crippen LogP contribution in [0.2, 0.25) is 0 Å². The average molecular weight is 232 g/mol. The van der Waals surface area contributed by atoms with Gasteiger partial charge < -0.3 is 5.32 Å². The van der Waals surface area contributed by atoms with Crippen LogP contribution in [0.1, 0.15) is 37.8 Å². The summed E-state index contributed by atoms with van der Waals surface area (Å²) in [6.07, 6.45) is 3.88. The highest BCUT2D eigenvalue weighted by atomic mass is 15.2. The van der Waals surface area contributed by atoms with Gasteiger partial charge in [0.2, 0.25) is 0 Å². The van der Waals surface area contributed by atoms with Crippen LogP contribution >= 0.6 is 0 Å². The molecule has 0 radical (unpaired) electrons. The van der Waals surface area contributed by atoms with Gasteiger partial charge in [0.15, 0.2) is 0 Å². The zero-order valence-corrected chi connectivity index (χ0v) is 11.0. The molecule has 1 saturated heterocycles. The summed E-state index contributed by atoms with van der Waals surface area (Å²) >= 11 is 0. The van der Waals surface area contributed by atoms with Crippen molar-refractivity contribution >= 4 is 0 Å². The molecule has 1 aromatic carbocycles. The highest BCUT2D eigenvalue weighted by Crippen LogP contribution is 2.31. The third-order valence-electron chi connectivity index (χ3n) is 3.83. The van der Waals surface area contributed by atoms with Crippen molar-refractivity contribution in [2.24, 2.45) is 0 Å². The van der Waals surface area contributed by atoms with Crippen LogP contribution in [-0.4, -0.2) is 31.1 Å². The maximum Gasteiger partial charge on any atom is 0.0348 e. The zero-order valence-electron chi connectivity index (χ0n) is 11.0. The van der Waals surface area contributed by atoms with Crippen LogP contribution < -0.4 is 5.32 Å². The topological polar surface area (TPSA) is 15.3 Å². The summed E-state index contributed by atoms with van der Waals surface area (Å²) in [7, 11) is 2.06. The lowest BCUT2D eigenvalue weighted by atomic mass is 10.0. The Bertz CT molecular complexity index is 323. The van der Waals surface area contributed by atoms with E-state index in [0.29, 0.717) is 12.1 Å². The van der Waals surface area contributed by atoms with Crippen molar-refractivity contribution in [2.75, 3.05) is 20.1 Å². The second kappa shape index (κ2) is 6.18. The predicted octanol–water partition coefficient (Wildman–Crippen LogP) is 2.82. The minimum absolute atomic E-state index is 0.594. The van der Waals surface area contributed by atoms with Gasteiger partial charge in [-0.05, 0) is 38.4 Å². The monoisotopic (exact) mass is 232 g/mol. The summed E-state index contributed by atoms with van der Waals surface area (Å²) in [5, 5.41) is 3.33. The Balaban J connectivity index is 2.12. The van der Waals surface area contributed by atoms with Crippen molar-refractivity contribution in [3.63, 3.8) is 0 Å². The van der Waals surface area contributed by atoms with Gasteiger partial charge in [-0.1, -0.05) is 37.3 Å². The maximum atomic E-state index is 3.33. The Kier molecular flexibility index (Phi) is 4.57. The molecule has 1 heterocycles. The first-order valence-electron chi connectivity index (χ1n) is 6.82. The summed E-state index contributed by atoms with van der Waals surface area (Å²) in [5.41, 5.74) is 1.47. The van der Waals surface area contributed by atoms with Crippen molar-refractivity contribution in [3.05, 3.63) is 35.9 Å². The van der Waals surface area contributed by atoms with Gasteiger partial charge in [0.1, 0.15) is 0 Å². The van der Waals surface area contributed by atoms with E-state index >= 15 is 0 Å². The van der Waals surface area contributed by atoms with E-state index in [1.165, 1.54) is 31.4 Å². The van der Waals surface area contributed by atoms with Gasteiger partial charge in [-0.2, -0.15) is 0 Å². The fourth-order valence-corrected chi connectivity index (χ4v) is 3.06. The first kappa shape index (κ1) is 12.6. The Morgan fingerprint density at radius 3 is 2.76 bits per heavy atom. The number of hydrogen-bond acceptors (Lipinski definition) is 2. The summed E-state index contributed by atoms with van der Waals surface area (Å²) in [4.78, 5) is 2.69. The molecule has 2 nitrogen and oxygen atoms in total. The molecule has 1 fully saturated rings. The van der Waals surface area contributed by atoms with Crippen molar-refractivity contribution < 1.29 is 0 Å². The van der Waals surface area contributed by atoms with Gasteiger partial charge in [0, 0.05) is 18.6 Å². The number of nitrogens with one attached hydrogen (secondary N) is 1. The Labute approximate surface area is 105 Å². The summed E-state index contributed by atoms with van der Waals surface area (Å²) in [6, 6.07) is 12.3. The van der Waals surface area contributed by atoms with E-state index in [1.54, 1.807) is 0 Å². The second-order valence-electron chi connectivity index (χ2n) is 4.93. The molecule has 2 unspecified atom stereocenters. The molecule has 1 aromatic rings. The molecule has 0 bridgehead atoms. The quantitative estimate of drug-likeness (QED) is 0.840. The van der Waals surface area contributed by atoms with Crippen molar-refractivity contribution in [3.8, 4) is 0 Å². The van der Waals surface area contributed by atoms with Crippen molar-refractivity contribution in [2.45, 2.75) is 38.3 Å². The molecule has 1 aliphatic rings. The number of rotatable bonds is 5. The smallest absolute Gasteiger partial charge is 0.0348 e. The normalized spacial score (nSPS) is 22.8. The molecule has 0 aliphatic carbocycles. The van der Waals surface area contributed by atoms with Crippen LogP contribution in [0.5, 0.6) is 0 Å². The van der Waals surface area contributed by atoms with Crippen LogP contribution in [-0.2, 0) is 0 Å². The third-order valence-corrected chi connectivity index (χ3v) is 3.83. The zero-order chi connectivity index (χ0) is 12.1. The average Bonchev–Trinajstić information content (AvgIpc) is 2.81. The number of likely N-dealkylation sites (tertiary alicyclic amines) is 1. The van der Waals surface area contributed by atoms with Crippen LogP contribution in [0.25, 0.3) is 0 Å². The lowest BCUT2D eigenvalue weighted by Crippen LogP contribution is -2.39. The highest BCUT2D eigenvalue weighted by Gasteiger charge is 2.29. The van der Waals surface area contributed by atoms with Gasteiger partial charge in [-0.25, -0.2) is 0 Å². The second-order valence-corrected chi connectivity index (χ2v) is 4.93. The van der Waals surface area contributed by atoms with E-state index in [2.05, 4.69) is 54.5 Å². The molecule has 2 rings (SSSR count). The Morgan fingerprint density at radius 1 is 1.35 bits per heavy atom. The van der Waals surface area contributed by atoms with E-state index < -0.39 is 0 Å². The van der Waals surface area contributed by atoms with E-state index in [9.17, 15) is 0 Å². The molecule has 1 aliphatic heterocycles.